The molecule has 74 valence electrons. The lowest BCUT2D eigenvalue weighted by molar-refractivity contribution is 0.112. The monoisotopic (exact) mass is 201 g/mol. The maximum Gasteiger partial charge on any atom is 0.153 e. The van der Waals surface area contributed by atoms with Crippen molar-refractivity contribution in [2.75, 3.05) is 0 Å². The number of hydrogen-bond donors (Lipinski definition) is 0. The molecule has 0 aliphatic heterocycles. The van der Waals surface area contributed by atoms with Gasteiger partial charge in [-0.15, -0.1) is 0 Å². The van der Waals surface area contributed by atoms with E-state index < -0.39 is 5.82 Å². The third-order valence-corrected chi connectivity index (χ3v) is 2.11. The van der Waals surface area contributed by atoms with Crippen molar-refractivity contribution in [2.45, 2.75) is 0 Å². The van der Waals surface area contributed by atoms with Crippen LogP contribution < -0.4 is 0 Å². The van der Waals surface area contributed by atoms with Gasteiger partial charge in [-0.05, 0) is 18.2 Å². The Morgan fingerprint density at radius 3 is 2.67 bits per heavy atom. The number of carbonyl (C=O) groups is 1. The van der Waals surface area contributed by atoms with Crippen molar-refractivity contribution in [1.82, 2.24) is 4.98 Å². The third-order valence-electron chi connectivity index (χ3n) is 2.11. The number of rotatable bonds is 2. The summed E-state index contributed by atoms with van der Waals surface area (Å²) in [6.07, 6.45) is 2.12. The molecule has 0 atom stereocenters. The lowest BCUT2D eigenvalue weighted by Gasteiger charge is -2.03. The summed E-state index contributed by atoms with van der Waals surface area (Å²) in [7, 11) is 0. The van der Waals surface area contributed by atoms with Crippen LogP contribution in [0, 0.1) is 5.82 Å². The summed E-state index contributed by atoms with van der Waals surface area (Å²) in [5.41, 5.74) is 1.17. The van der Waals surface area contributed by atoms with Gasteiger partial charge in [0, 0.05) is 11.8 Å². The molecule has 0 radical (unpaired) electrons. The van der Waals surface area contributed by atoms with Gasteiger partial charge in [0.15, 0.2) is 6.29 Å². The first-order chi connectivity index (χ1) is 7.33. The highest BCUT2D eigenvalue weighted by Gasteiger charge is 2.09. The Balaban J connectivity index is 2.63. The highest BCUT2D eigenvalue weighted by atomic mass is 19.1. The van der Waals surface area contributed by atoms with E-state index in [2.05, 4.69) is 4.98 Å². The quantitative estimate of drug-likeness (QED) is 0.699. The van der Waals surface area contributed by atoms with Crippen LogP contribution in [-0.2, 0) is 0 Å². The van der Waals surface area contributed by atoms with Crippen LogP contribution in [0.2, 0.25) is 0 Å². The van der Waals surface area contributed by atoms with E-state index in [4.69, 9.17) is 0 Å². The second-order valence-electron chi connectivity index (χ2n) is 3.03. The average molecular weight is 201 g/mol. The Bertz CT molecular complexity index is 482. The fourth-order valence-corrected chi connectivity index (χ4v) is 1.40. The number of aldehydes is 1. The Kier molecular flexibility index (Phi) is 2.54. The summed E-state index contributed by atoms with van der Waals surface area (Å²) in [6, 6.07) is 9.80. The largest absolute Gasteiger partial charge is 0.298 e. The summed E-state index contributed by atoms with van der Waals surface area (Å²) < 4.78 is 13.3. The lowest BCUT2D eigenvalue weighted by atomic mass is 10.0. The molecule has 0 unspecified atom stereocenters. The second kappa shape index (κ2) is 4.00. The van der Waals surface area contributed by atoms with Crippen molar-refractivity contribution in [3.63, 3.8) is 0 Å². The van der Waals surface area contributed by atoms with E-state index >= 15 is 0 Å². The van der Waals surface area contributed by atoms with Crippen LogP contribution in [0.5, 0.6) is 0 Å². The molecule has 15 heavy (non-hydrogen) atoms. The first-order valence-corrected chi connectivity index (χ1v) is 4.48. The van der Waals surface area contributed by atoms with Gasteiger partial charge >= 0.3 is 0 Å². The Morgan fingerprint density at radius 2 is 2.00 bits per heavy atom. The van der Waals surface area contributed by atoms with Gasteiger partial charge in [-0.1, -0.05) is 18.2 Å². The highest BCUT2D eigenvalue weighted by molar-refractivity contribution is 5.86. The van der Waals surface area contributed by atoms with Crippen LogP contribution >= 0.6 is 0 Å². The fraction of sp³-hybridized carbons (Fsp3) is 0. The molecular weight excluding hydrogens is 193 g/mol. The van der Waals surface area contributed by atoms with Crippen molar-refractivity contribution in [3.05, 3.63) is 54.0 Å². The van der Waals surface area contributed by atoms with Gasteiger partial charge in [0.25, 0.3) is 0 Å². The molecule has 0 fully saturated rings. The molecule has 1 aromatic carbocycles. The molecule has 2 rings (SSSR count). The van der Waals surface area contributed by atoms with Gasteiger partial charge in [0.05, 0.1) is 11.3 Å². The van der Waals surface area contributed by atoms with E-state index in [0.29, 0.717) is 17.5 Å². The van der Waals surface area contributed by atoms with Gasteiger partial charge in [-0.3, -0.25) is 9.78 Å². The average Bonchev–Trinajstić information content (AvgIpc) is 2.30. The Hall–Kier alpha value is -2.03. The van der Waals surface area contributed by atoms with E-state index in [-0.39, 0.29) is 5.56 Å². The number of halogens is 1. The molecule has 0 aliphatic carbocycles. The van der Waals surface area contributed by atoms with E-state index in [1.165, 1.54) is 6.07 Å². The zero-order chi connectivity index (χ0) is 10.7. The maximum atomic E-state index is 13.3. The normalized spacial score (nSPS) is 9.93. The predicted molar refractivity (Wildman–Crippen MR) is 55.0 cm³/mol. The van der Waals surface area contributed by atoms with Gasteiger partial charge in [-0.2, -0.15) is 0 Å². The van der Waals surface area contributed by atoms with Gasteiger partial charge < -0.3 is 0 Å². The summed E-state index contributed by atoms with van der Waals surface area (Å²) in [5, 5.41) is 0. The molecule has 1 aromatic heterocycles. The van der Waals surface area contributed by atoms with Crippen LogP contribution in [0.25, 0.3) is 11.3 Å². The van der Waals surface area contributed by atoms with Crippen LogP contribution in [-0.4, -0.2) is 11.3 Å². The van der Waals surface area contributed by atoms with E-state index in [0.717, 1.165) is 0 Å². The molecule has 0 N–H and O–H groups in total. The minimum absolute atomic E-state index is 0.0520. The molecule has 0 spiro atoms. The number of pyridine rings is 1. The van der Waals surface area contributed by atoms with Crippen molar-refractivity contribution >= 4 is 6.29 Å². The molecule has 0 amide bonds. The molecule has 0 aliphatic rings. The first-order valence-electron chi connectivity index (χ1n) is 4.48. The zero-order valence-corrected chi connectivity index (χ0v) is 7.85. The van der Waals surface area contributed by atoms with E-state index in [9.17, 15) is 9.18 Å². The second-order valence-corrected chi connectivity index (χ2v) is 3.03. The van der Waals surface area contributed by atoms with Crippen LogP contribution in [0.15, 0.2) is 42.6 Å². The smallest absolute Gasteiger partial charge is 0.153 e. The molecular formula is C12H8FNO. The summed E-state index contributed by atoms with van der Waals surface area (Å²) in [4.78, 5) is 14.8. The highest BCUT2D eigenvalue weighted by Crippen LogP contribution is 2.21. The molecule has 0 bridgehead atoms. The number of nitrogens with zero attached hydrogens (tertiary/aromatic N) is 1. The van der Waals surface area contributed by atoms with Crippen molar-refractivity contribution < 1.29 is 9.18 Å². The third kappa shape index (κ3) is 1.76. The lowest BCUT2D eigenvalue weighted by Crippen LogP contribution is -1.93. The van der Waals surface area contributed by atoms with E-state index in [1.54, 1.807) is 36.5 Å². The molecule has 0 saturated heterocycles. The molecule has 0 saturated carbocycles. The number of hydrogen-bond acceptors (Lipinski definition) is 2. The first kappa shape index (κ1) is 9.52. The van der Waals surface area contributed by atoms with Crippen molar-refractivity contribution in [3.8, 4) is 11.3 Å². The number of carbonyl (C=O) groups excluding carboxylic acids is 1. The van der Waals surface area contributed by atoms with Crippen molar-refractivity contribution in [1.29, 1.82) is 0 Å². The Labute approximate surface area is 86.4 Å². The standard InChI is InChI=1S/C12H8FNO/c13-11-5-3-4-9(10(11)8-15)12-6-1-2-7-14-12/h1-8H. The molecule has 3 heteroatoms. The van der Waals surface area contributed by atoms with Gasteiger partial charge in [-0.25, -0.2) is 4.39 Å². The minimum atomic E-state index is -0.520. The van der Waals surface area contributed by atoms with Gasteiger partial charge in [0.2, 0.25) is 0 Å². The molecule has 1 heterocycles. The number of benzene rings is 1. The van der Waals surface area contributed by atoms with Crippen LogP contribution in [0.4, 0.5) is 4.39 Å². The summed E-state index contributed by atoms with van der Waals surface area (Å²) in [5.74, 6) is -0.520. The predicted octanol–water partition coefficient (Wildman–Crippen LogP) is 2.70. The molecule has 2 nitrogen and oxygen atoms in total. The van der Waals surface area contributed by atoms with Gasteiger partial charge in [0.1, 0.15) is 5.82 Å². The minimum Gasteiger partial charge on any atom is -0.298 e. The maximum absolute atomic E-state index is 13.3. The van der Waals surface area contributed by atoms with Crippen molar-refractivity contribution in [2.24, 2.45) is 0 Å². The Morgan fingerprint density at radius 1 is 1.13 bits per heavy atom. The van der Waals surface area contributed by atoms with Crippen LogP contribution in [0.3, 0.4) is 0 Å². The summed E-state index contributed by atoms with van der Waals surface area (Å²) >= 11 is 0. The fourth-order valence-electron chi connectivity index (χ4n) is 1.40. The van der Waals surface area contributed by atoms with Crippen LogP contribution in [0.1, 0.15) is 10.4 Å². The molecule has 2 aromatic rings. The number of aromatic nitrogens is 1. The topological polar surface area (TPSA) is 30.0 Å². The SMILES string of the molecule is O=Cc1c(F)cccc1-c1ccccn1. The summed E-state index contributed by atoms with van der Waals surface area (Å²) in [6.45, 7) is 0. The van der Waals surface area contributed by atoms with E-state index in [1.807, 2.05) is 0 Å². The zero-order valence-electron chi connectivity index (χ0n) is 7.85.